The Morgan fingerprint density at radius 1 is 1.20 bits per heavy atom. The zero-order chi connectivity index (χ0) is 15.0. The monoisotopic (exact) mass is 305 g/mol. The van der Waals surface area contributed by atoms with E-state index in [1.54, 1.807) is 7.05 Å². The maximum Gasteiger partial charge on any atom is 0.279 e. The van der Waals surface area contributed by atoms with E-state index in [4.69, 9.17) is 0 Å². The first-order valence-electron chi connectivity index (χ1n) is 7.90. The summed E-state index contributed by atoms with van der Waals surface area (Å²) in [5.74, 6) is 0.724. The van der Waals surface area contributed by atoms with Crippen molar-refractivity contribution in [1.82, 2.24) is 14.3 Å². The molecule has 1 saturated carbocycles. The van der Waals surface area contributed by atoms with Gasteiger partial charge in [-0.2, -0.15) is 17.4 Å². The van der Waals surface area contributed by atoms with Gasteiger partial charge in [0.05, 0.1) is 0 Å². The Bertz CT molecular complexity index is 359. The molecule has 0 saturated heterocycles. The zero-order valence-corrected chi connectivity index (χ0v) is 14.0. The minimum Gasteiger partial charge on any atom is -0.317 e. The highest BCUT2D eigenvalue weighted by atomic mass is 32.2. The zero-order valence-electron chi connectivity index (χ0n) is 13.2. The highest BCUT2D eigenvalue weighted by Crippen LogP contribution is 2.23. The molecule has 2 atom stereocenters. The van der Waals surface area contributed by atoms with E-state index in [1.807, 2.05) is 0 Å². The van der Waals surface area contributed by atoms with Crippen LogP contribution in [0.1, 0.15) is 52.4 Å². The Balaban J connectivity index is 2.39. The summed E-state index contributed by atoms with van der Waals surface area (Å²) < 4.78 is 28.8. The summed E-state index contributed by atoms with van der Waals surface area (Å²) in [6, 6.07) is 0.112. The predicted molar refractivity (Wildman–Crippen MR) is 83.9 cm³/mol. The molecule has 0 amide bonds. The van der Waals surface area contributed by atoms with Crippen molar-refractivity contribution in [3.05, 3.63) is 0 Å². The van der Waals surface area contributed by atoms with Gasteiger partial charge in [-0.1, -0.05) is 26.7 Å². The molecule has 20 heavy (non-hydrogen) atoms. The van der Waals surface area contributed by atoms with E-state index >= 15 is 0 Å². The molecular formula is C14H31N3O2S. The first-order valence-corrected chi connectivity index (χ1v) is 9.34. The van der Waals surface area contributed by atoms with Crippen LogP contribution in [0.2, 0.25) is 0 Å². The van der Waals surface area contributed by atoms with Crippen LogP contribution in [0.15, 0.2) is 0 Å². The van der Waals surface area contributed by atoms with E-state index in [0.717, 1.165) is 51.1 Å². The molecule has 0 radical (unpaired) electrons. The van der Waals surface area contributed by atoms with E-state index in [-0.39, 0.29) is 6.04 Å². The van der Waals surface area contributed by atoms with Gasteiger partial charge in [-0.25, -0.2) is 0 Å². The third-order valence-electron chi connectivity index (χ3n) is 4.06. The smallest absolute Gasteiger partial charge is 0.279 e. The summed E-state index contributed by atoms with van der Waals surface area (Å²) in [6.45, 7) is 6.65. The van der Waals surface area contributed by atoms with Crippen molar-refractivity contribution in [2.75, 3.05) is 26.7 Å². The lowest BCUT2D eigenvalue weighted by molar-refractivity contribution is 0.424. The van der Waals surface area contributed by atoms with Crippen molar-refractivity contribution in [2.45, 2.75) is 58.4 Å². The van der Waals surface area contributed by atoms with Crippen LogP contribution in [0.4, 0.5) is 0 Å². The molecule has 1 rings (SSSR count). The Hall–Kier alpha value is -0.170. The van der Waals surface area contributed by atoms with Crippen LogP contribution in [0.3, 0.4) is 0 Å². The molecule has 0 aromatic rings. The van der Waals surface area contributed by atoms with Gasteiger partial charge >= 0.3 is 0 Å². The second-order valence-electron chi connectivity index (χ2n) is 5.96. The molecule has 0 aromatic carbocycles. The highest BCUT2D eigenvalue weighted by Gasteiger charge is 2.24. The second-order valence-corrected chi connectivity index (χ2v) is 7.77. The Morgan fingerprint density at radius 2 is 1.95 bits per heavy atom. The first-order chi connectivity index (χ1) is 9.45. The molecule has 1 aliphatic carbocycles. The van der Waals surface area contributed by atoms with Gasteiger partial charge in [-0.05, 0) is 44.7 Å². The normalized spacial score (nSPS) is 24.8. The van der Waals surface area contributed by atoms with Gasteiger partial charge < -0.3 is 5.32 Å². The highest BCUT2D eigenvalue weighted by molar-refractivity contribution is 7.87. The molecule has 0 spiro atoms. The summed E-state index contributed by atoms with van der Waals surface area (Å²) in [6.07, 6.45) is 6.24. The van der Waals surface area contributed by atoms with E-state index < -0.39 is 10.2 Å². The molecule has 120 valence electrons. The van der Waals surface area contributed by atoms with Crippen molar-refractivity contribution in [3.63, 3.8) is 0 Å². The molecule has 6 heteroatoms. The average Bonchev–Trinajstić information content (AvgIpc) is 2.59. The second kappa shape index (κ2) is 8.97. The Kier molecular flexibility index (Phi) is 8.02. The van der Waals surface area contributed by atoms with Crippen molar-refractivity contribution < 1.29 is 8.42 Å². The SMILES string of the molecule is CCNCCCN(C)S(=O)(=O)NC1CCCC(C)CC1. The number of nitrogens with zero attached hydrogens (tertiary/aromatic N) is 1. The van der Waals surface area contributed by atoms with Gasteiger partial charge in [0.25, 0.3) is 10.2 Å². The third-order valence-corrected chi connectivity index (χ3v) is 5.69. The van der Waals surface area contributed by atoms with Crippen LogP contribution < -0.4 is 10.0 Å². The first kappa shape index (κ1) is 17.9. The fourth-order valence-electron chi connectivity index (χ4n) is 2.63. The van der Waals surface area contributed by atoms with Crippen LogP contribution in [0, 0.1) is 5.92 Å². The number of nitrogens with one attached hydrogen (secondary N) is 2. The van der Waals surface area contributed by atoms with Gasteiger partial charge in [0.15, 0.2) is 0 Å². The van der Waals surface area contributed by atoms with E-state index in [0.29, 0.717) is 6.54 Å². The van der Waals surface area contributed by atoms with Gasteiger partial charge in [-0.15, -0.1) is 0 Å². The van der Waals surface area contributed by atoms with Gasteiger partial charge in [0, 0.05) is 19.6 Å². The topological polar surface area (TPSA) is 61.4 Å². The van der Waals surface area contributed by atoms with Gasteiger partial charge in [-0.3, -0.25) is 0 Å². The molecule has 2 unspecified atom stereocenters. The Morgan fingerprint density at radius 3 is 2.65 bits per heavy atom. The number of rotatable bonds is 8. The van der Waals surface area contributed by atoms with Crippen LogP contribution in [0.5, 0.6) is 0 Å². The molecular weight excluding hydrogens is 274 g/mol. The molecule has 0 bridgehead atoms. The minimum absolute atomic E-state index is 0.112. The van der Waals surface area contributed by atoms with Crippen LogP contribution in [-0.2, 0) is 10.2 Å². The third kappa shape index (κ3) is 6.52. The number of hydrogen-bond donors (Lipinski definition) is 2. The Labute approximate surface area is 124 Å². The fraction of sp³-hybridized carbons (Fsp3) is 1.00. The van der Waals surface area contributed by atoms with Crippen LogP contribution in [-0.4, -0.2) is 45.4 Å². The van der Waals surface area contributed by atoms with Crippen LogP contribution in [0.25, 0.3) is 0 Å². The molecule has 5 nitrogen and oxygen atoms in total. The summed E-state index contributed by atoms with van der Waals surface area (Å²) >= 11 is 0. The minimum atomic E-state index is -3.33. The quantitative estimate of drug-likeness (QED) is 0.530. The van der Waals surface area contributed by atoms with Crippen molar-refractivity contribution in [3.8, 4) is 0 Å². The molecule has 1 aliphatic rings. The van der Waals surface area contributed by atoms with E-state index in [1.165, 1.54) is 10.7 Å². The van der Waals surface area contributed by atoms with Crippen LogP contribution >= 0.6 is 0 Å². The van der Waals surface area contributed by atoms with Crippen molar-refractivity contribution in [1.29, 1.82) is 0 Å². The van der Waals surface area contributed by atoms with Crippen molar-refractivity contribution >= 4 is 10.2 Å². The molecule has 1 fully saturated rings. The maximum absolute atomic E-state index is 12.3. The fourth-order valence-corrected chi connectivity index (χ4v) is 3.84. The van der Waals surface area contributed by atoms with Crippen molar-refractivity contribution in [2.24, 2.45) is 5.92 Å². The lowest BCUT2D eigenvalue weighted by Crippen LogP contribution is -2.44. The standard InChI is InChI=1S/C14H31N3O2S/c1-4-15-11-6-12-17(3)20(18,19)16-14-8-5-7-13(2)9-10-14/h13-16H,4-12H2,1-3H3. The van der Waals surface area contributed by atoms with E-state index in [9.17, 15) is 8.42 Å². The largest absolute Gasteiger partial charge is 0.317 e. The summed E-state index contributed by atoms with van der Waals surface area (Å²) in [7, 11) is -1.66. The average molecular weight is 305 g/mol. The summed E-state index contributed by atoms with van der Waals surface area (Å²) in [4.78, 5) is 0. The predicted octanol–water partition coefficient (Wildman–Crippen LogP) is 1.72. The summed E-state index contributed by atoms with van der Waals surface area (Å²) in [5.41, 5.74) is 0. The lowest BCUT2D eigenvalue weighted by Gasteiger charge is -2.22. The molecule has 0 aromatic heterocycles. The number of hydrogen-bond acceptors (Lipinski definition) is 3. The molecule has 2 N–H and O–H groups in total. The molecule has 0 heterocycles. The van der Waals surface area contributed by atoms with Gasteiger partial charge in [0.1, 0.15) is 0 Å². The maximum atomic E-state index is 12.3. The van der Waals surface area contributed by atoms with E-state index in [2.05, 4.69) is 23.9 Å². The lowest BCUT2D eigenvalue weighted by atomic mass is 10.0. The summed E-state index contributed by atoms with van der Waals surface area (Å²) in [5, 5.41) is 3.21. The molecule has 0 aliphatic heterocycles. The van der Waals surface area contributed by atoms with Gasteiger partial charge in [0.2, 0.25) is 0 Å².